The Morgan fingerprint density at radius 2 is 1.83 bits per heavy atom. The molecular weight excluding hydrogens is 378 g/mol. The summed E-state index contributed by atoms with van der Waals surface area (Å²) in [5.74, 6) is 2.39. The highest BCUT2D eigenvalue weighted by Gasteiger charge is 2.23. The molecule has 2 N–H and O–H groups in total. The molecule has 0 aromatic heterocycles. The number of aliphatic imine (C=N–C) groups is 1. The van der Waals surface area contributed by atoms with Gasteiger partial charge in [0.05, 0.1) is 26.4 Å². The van der Waals surface area contributed by atoms with Crippen LogP contribution in [0.5, 0.6) is 5.75 Å². The van der Waals surface area contributed by atoms with E-state index in [1.807, 2.05) is 19.2 Å². The van der Waals surface area contributed by atoms with E-state index in [1.54, 1.807) is 7.11 Å². The largest absolute Gasteiger partial charge is 0.496 e. The van der Waals surface area contributed by atoms with Gasteiger partial charge in [-0.3, -0.25) is 9.89 Å². The number of morpholine rings is 1. The molecule has 0 aliphatic carbocycles. The number of methoxy groups -OCH3 is 1. The summed E-state index contributed by atoms with van der Waals surface area (Å²) >= 11 is 0. The average molecular weight is 420 g/mol. The van der Waals surface area contributed by atoms with E-state index >= 15 is 0 Å². The fourth-order valence-corrected chi connectivity index (χ4v) is 3.99. The number of hydrogen-bond acceptors (Lipinski definition) is 5. The van der Waals surface area contributed by atoms with E-state index in [-0.39, 0.29) is 6.04 Å². The van der Waals surface area contributed by atoms with Gasteiger partial charge in [-0.2, -0.15) is 0 Å². The third-order valence-electron chi connectivity index (χ3n) is 5.62. The normalized spacial score (nSPS) is 17.8. The maximum atomic E-state index is 5.58. The number of para-hydroxylation sites is 1. The van der Waals surface area contributed by atoms with E-state index in [0.717, 1.165) is 57.5 Å². The highest BCUT2D eigenvalue weighted by atomic mass is 16.5. The van der Waals surface area contributed by atoms with Crippen LogP contribution in [0.3, 0.4) is 0 Å². The molecule has 7 nitrogen and oxygen atoms in total. The summed E-state index contributed by atoms with van der Waals surface area (Å²) < 4.78 is 11.1. The summed E-state index contributed by atoms with van der Waals surface area (Å²) in [4.78, 5) is 9.20. The Kier molecular flexibility index (Phi) is 10.4. The molecule has 30 heavy (non-hydrogen) atoms. The molecule has 2 unspecified atom stereocenters. The highest BCUT2D eigenvalue weighted by Crippen LogP contribution is 2.27. The molecule has 0 radical (unpaired) electrons. The smallest absolute Gasteiger partial charge is 0.191 e. The first-order chi connectivity index (χ1) is 14.5. The molecule has 1 fully saturated rings. The zero-order chi connectivity index (χ0) is 21.9. The van der Waals surface area contributed by atoms with Gasteiger partial charge in [0.1, 0.15) is 5.75 Å². The molecule has 1 saturated heterocycles. The zero-order valence-corrected chi connectivity index (χ0v) is 19.6. The predicted molar refractivity (Wildman–Crippen MR) is 124 cm³/mol. The van der Waals surface area contributed by atoms with Crippen LogP contribution in [-0.2, 0) is 4.74 Å². The fourth-order valence-electron chi connectivity index (χ4n) is 3.99. The number of guanidine groups is 1. The molecule has 7 heteroatoms. The van der Waals surface area contributed by atoms with Crippen molar-refractivity contribution in [3.63, 3.8) is 0 Å². The predicted octanol–water partition coefficient (Wildman–Crippen LogP) is 2.21. The molecule has 1 aromatic rings. The first-order valence-corrected chi connectivity index (χ1v) is 11.0. The van der Waals surface area contributed by atoms with Crippen LogP contribution in [0.15, 0.2) is 29.3 Å². The quantitative estimate of drug-likeness (QED) is 0.448. The van der Waals surface area contributed by atoms with Gasteiger partial charge in [0.2, 0.25) is 0 Å². The number of benzene rings is 1. The molecule has 2 atom stereocenters. The molecule has 2 rings (SSSR count). The minimum Gasteiger partial charge on any atom is -0.496 e. The SMILES string of the molecule is CN=C(NCC(c1ccccc1OC)N(C)C)NCC(CC(C)C)N1CCOCC1. The number of hydrogen-bond donors (Lipinski definition) is 2. The Labute approximate surface area is 182 Å². The van der Waals surface area contributed by atoms with Crippen molar-refractivity contribution < 1.29 is 9.47 Å². The van der Waals surface area contributed by atoms with Crippen molar-refractivity contribution in [2.45, 2.75) is 32.4 Å². The van der Waals surface area contributed by atoms with Crippen LogP contribution >= 0.6 is 0 Å². The molecule has 0 amide bonds. The minimum atomic E-state index is 0.172. The zero-order valence-electron chi connectivity index (χ0n) is 19.6. The Morgan fingerprint density at radius 1 is 1.17 bits per heavy atom. The maximum Gasteiger partial charge on any atom is 0.191 e. The van der Waals surface area contributed by atoms with Crippen molar-refractivity contribution in [3.8, 4) is 5.75 Å². The van der Waals surface area contributed by atoms with Crippen molar-refractivity contribution >= 4 is 5.96 Å². The van der Waals surface area contributed by atoms with Crippen molar-refractivity contribution in [2.75, 3.05) is 67.6 Å². The lowest BCUT2D eigenvalue weighted by Crippen LogP contribution is -2.51. The summed E-state index contributed by atoms with van der Waals surface area (Å²) in [5, 5.41) is 7.06. The Hall–Kier alpha value is -1.83. The van der Waals surface area contributed by atoms with Crippen molar-refractivity contribution in [2.24, 2.45) is 10.9 Å². The highest BCUT2D eigenvalue weighted by molar-refractivity contribution is 5.79. The van der Waals surface area contributed by atoms with Gasteiger partial charge in [-0.15, -0.1) is 0 Å². The fraction of sp³-hybridized carbons (Fsp3) is 0.696. The van der Waals surface area contributed by atoms with Gasteiger partial charge >= 0.3 is 0 Å². The van der Waals surface area contributed by atoms with Gasteiger partial charge in [0.15, 0.2) is 5.96 Å². The maximum absolute atomic E-state index is 5.58. The summed E-state index contributed by atoms with van der Waals surface area (Å²) in [5.41, 5.74) is 1.17. The lowest BCUT2D eigenvalue weighted by Gasteiger charge is -2.36. The summed E-state index contributed by atoms with van der Waals surface area (Å²) in [6, 6.07) is 8.84. The molecule has 1 aliphatic rings. The number of likely N-dealkylation sites (N-methyl/N-ethyl adjacent to an activating group) is 1. The monoisotopic (exact) mass is 419 g/mol. The van der Waals surface area contributed by atoms with Crippen LogP contribution in [-0.4, -0.2) is 89.4 Å². The topological polar surface area (TPSA) is 61.4 Å². The Balaban J connectivity index is 1.97. The van der Waals surface area contributed by atoms with Crippen LogP contribution in [0.25, 0.3) is 0 Å². The van der Waals surface area contributed by atoms with E-state index in [4.69, 9.17) is 9.47 Å². The van der Waals surface area contributed by atoms with Crippen LogP contribution in [0.4, 0.5) is 0 Å². The van der Waals surface area contributed by atoms with Crippen LogP contribution in [0.2, 0.25) is 0 Å². The Morgan fingerprint density at radius 3 is 2.43 bits per heavy atom. The summed E-state index contributed by atoms with van der Waals surface area (Å²) in [6.07, 6.45) is 1.16. The van der Waals surface area contributed by atoms with Crippen LogP contribution in [0, 0.1) is 5.92 Å². The molecule has 1 aliphatic heterocycles. The molecule has 1 aromatic carbocycles. The third-order valence-corrected chi connectivity index (χ3v) is 5.62. The second kappa shape index (κ2) is 12.8. The van der Waals surface area contributed by atoms with Gasteiger partial charge in [-0.05, 0) is 32.5 Å². The van der Waals surface area contributed by atoms with Crippen molar-refractivity contribution in [1.82, 2.24) is 20.4 Å². The number of nitrogens with one attached hydrogen (secondary N) is 2. The van der Waals surface area contributed by atoms with E-state index in [0.29, 0.717) is 12.0 Å². The van der Waals surface area contributed by atoms with E-state index in [2.05, 4.69) is 65.5 Å². The molecule has 0 saturated carbocycles. The molecule has 1 heterocycles. The first-order valence-electron chi connectivity index (χ1n) is 11.0. The van der Waals surface area contributed by atoms with Crippen molar-refractivity contribution in [3.05, 3.63) is 29.8 Å². The van der Waals surface area contributed by atoms with E-state index in [1.165, 1.54) is 5.56 Å². The van der Waals surface area contributed by atoms with Crippen LogP contribution in [0.1, 0.15) is 31.9 Å². The Bertz CT molecular complexity index is 644. The number of nitrogens with zero attached hydrogens (tertiary/aromatic N) is 3. The van der Waals surface area contributed by atoms with Gasteiger partial charge in [0, 0.05) is 44.8 Å². The third kappa shape index (κ3) is 7.45. The van der Waals surface area contributed by atoms with Gasteiger partial charge in [0.25, 0.3) is 0 Å². The van der Waals surface area contributed by atoms with E-state index in [9.17, 15) is 0 Å². The first kappa shape index (κ1) is 24.4. The van der Waals surface area contributed by atoms with E-state index < -0.39 is 0 Å². The van der Waals surface area contributed by atoms with Gasteiger partial charge < -0.3 is 25.0 Å². The number of rotatable bonds is 10. The van der Waals surface area contributed by atoms with Crippen LogP contribution < -0.4 is 15.4 Å². The number of ether oxygens (including phenoxy) is 2. The molecule has 170 valence electrons. The van der Waals surface area contributed by atoms with Gasteiger partial charge in [-0.1, -0.05) is 32.0 Å². The standard InChI is InChI=1S/C23H41N5O2/c1-18(2)15-19(28-11-13-30-14-12-28)16-25-23(24-3)26-17-21(27(4)5)20-9-7-8-10-22(20)29-6/h7-10,18-19,21H,11-17H2,1-6H3,(H2,24,25,26). The summed E-state index contributed by atoms with van der Waals surface area (Å²) in [7, 11) is 7.73. The minimum absolute atomic E-state index is 0.172. The van der Waals surface area contributed by atoms with Crippen molar-refractivity contribution in [1.29, 1.82) is 0 Å². The summed E-state index contributed by atoms with van der Waals surface area (Å²) in [6.45, 7) is 9.84. The lowest BCUT2D eigenvalue weighted by atomic mass is 10.0. The lowest BCUT2D eigenvalue weighted by molar-refractivity contribution is 0.0132. The second-order valence-corrected chi connectivity index (χ2v) is 8.49. The molecular formula is C23H41N5O2. The molecule has 0 spiro atoms. The molecule has 0 bridgehead atoms. The van der Waals surface area contributed by atoms with Gasteiger partial charge in [-0.25, -0.2) is 0 Å². The average Bonchev–Trinajstić information content (AvgIpc) is 2.75. The second-order valence-electron chi connectivity index (χ2n) is 8.49.